The van der Waals surface area contributed by atoms with E-state index in [0.29, 0.717) is 0 Å². The number of rotatable bonds is 7. The van der Waals surface area contributed by atoms with Gasteiger partial charge in [-0.3, -0.25) is 0 Å². The minimum atomic E-state index is -0.512. The van der Waals surface area contributed by atoms with Crippen LogP contribution in [0.15, 0.2) is 285 Å². The molecule has 14 aromatic rings. The molecule has 0 aromatic heterocycles. The Balaban J connectivity index is 0.893. The van der Waals surface area contributed by atoms with Crippen LogP contribution in [0.5, 0.6) is 0 Å². The second-order valence-corrected chi connectivity index (χ2v) is 22.3. The van der Waals surface area contributed by atoms with Gasteiger partial charge in [0, 0.05) is 21.9 Å². The van der Waals surface area contributed by atoms with Crippen molar-refractivity contribution in [3.63, 3.8) is 0 Å². The summed E-state index contributed by atoms with van der Waals surface area (Å²) in [6.07, 6.45) is 0. The summed E-state index contributed by atoms with van der Waals surface area (Å²) in [7, 11) is 0. The largest absolute Gasteiger partial charge is 0.309 e. The summed E-state index contributed by atoms with van der Waals surface area (Å²) in [4.78, 5) is 2.49. The fourth-order valence-corrected chi connectivity index (χ4v) is 14.3. The van der Waals surface area contributed by atoms with Gasteiger partial charge in [0.1, 0.15) is 0 Å². The van der Waals surface area contributed by atoms with E-state index in [1.54, 1.807) is 0 Å². The number of hydrogen-bond acceptors (Lipinski definition) is 1. The first-order chi connectivity index (χ1) is 38.9. The van der Waals surface area contributed by atoms with Gasteiger partial charge >= 0.3 is 0 Å². The standard InChI is InChI=1S/C78H53N/c1-77(2)70-47-54(39-42-62(70)63-44-41-58(49-71(63)77)79(73-37-19-25-50-21-11-13-31-59(50)73)74-38-20-26-51-22-12-14-32-60(51)74)75-65-34-15-16-35-66(65)76(68-46-53-24-10-9-23-52(53)45-67(68)75)55-40-43-64-61-33-17-18-36-69(61)78(72(64)48-55,56-27-5-3-6-28-56)57-29-7-4-8-30-57/h3-49H,1-2H3. The van der Waals surface area contributed by atoms with Gasteiger partial charge < -0.3 is 4.90 Å². The fourth-order valence-electron chi connectivity index (χ4n) is 14.3. The zero-order valence-corrected chi connectivity index (χ0v) is 44.1. The lowest BCUT2D eigenvalue weighted by Gasteiger charge is -2.34. The van der Waals surface area contributed by atoms with Gasteiger partial charge in [0.15, 0.2) is 0 Å². The van der Waals surface area contributed by atoms with Crippen molar-refractivity contribution in [3.05, 3.63) is 318 Å². The molecule has 0 atom stereocenters. The van der Waals surface area contributed by atoms with Crippen LogP contribution in [0.1, 0.15) is 47.2 Å². The Labute approximate surface area is 461 Å². The maximum atomic E-state index is 2.54. The monoisotopic (exact) mass is 1000 g/mol. The van der Waals surface area contributed by atoms with Gasteiger partial charge in [0.05, 0.1) is 16.8 Å². The van der Waals surface area contributed by atoms with Gasteiger partial charge in [-0.25, -0.2) is 0 Å². The number of fused-ring (bicyclic) bond motifs is 11. The summed E-state index contributed by atoms with van der Waals surface area (Å²) in [5.74, 6) is 0. The second-order valence-electron chi connectivity index (χ2n) is 22.3. The average Bonchev–Trinajstić information content (AvgIpc) is 3.97. The molecule has 370 valence electrons. The van der Waals surface area contributed by atoms with Crippen molar-refractivity contribution >= 4 is 70.9 Å². The lowest BCUT2D eigenvalue weighted by Crippen LogP contribution is -2.28. The normalized spacial score (nSPS) is 13.6. The molecular formula is C78H53N. The average molecular weight is 1000 g/mol. The Morgan fingerprint density at radius 2 is 0.671 bits per heavy atom. The zero-order chi connectivity index (χ0) is 52.4. The Kier molecular flexibility index (Phi) is 9.97. The maximum Gasteiger partial charge on any atom is 0.0713 e. The van der Waals surface area contributed by atoms with Crippen LogP contribution in [0, 0.1) is 0 Å². The topological polar surface area (TPSA) is 3.24 Å². The molecule has 0 saturated heterocycles. The molecule has 16 rings (SSSR count). The van der Waals surface area contributed by atoms with Gasteiger partial charge in [-0.05, 0) is 170 Å². The van der Waals surface area contributed by atoms with Crippen LogP contribution in [0.2, 0.25) is 0 Å². The molecule has 0 bridgehead atoms. The van der Waals surface area contributed by atoms with Crippen LogP contribution in [0.3, 0.4) is 0 Å². The first kappa shape index (κ1) is 45.4. The van der Waals surface area contributed by atoms with E-state index < -0.39 is 5.41 Å². The number of nitrogens with zero attached hydrogens (tertiary/aromatic N) is 1. The van der Waals surface area contributed by atoms with Crippen LogP contribution in [-0.4, -0.2) is 0 Å². The van der Waals surface area contributed by atoms with Gasteiger partial charge in [-0.15, -0.1) is 0 Å². The number of hydrogen-bond donors (Lipinski definition) is 0. The van der Waals surface area contributed by atoms with Crippen LogP contribution < -0.4 is 4.90 Å². The third kappa shape index (κ3) is 6.63. The van der Waals surface area contributed by atoms with E-state index in [-0.39, 0.29) is 5.41 Å². The van der Waals surface area contributed by atoms with E-state index in [4.69, 9.17) is 0 Å². The van der Waals surface area contributed by atoms with E-state index in [0.717, 1.165) is 17.1 Å². The summed E-state index contributed by atoms with van der Waals surface area (Å²) >= 11 is 0. The predicted molar refractivity (Wildman–Crippen MR) is 334 cm³/mol. The van der Waals surface area contributed by atoms with Crippen molar-refractivity contribution in [2.45, 2.75) is 24.7 Å². The molecule has 0 radical (unpaired) electrons. The van der Waals surface area contributed by atoms with Gasteiger partial charge in [-0.2, -0.15) is 0 Å². The van der Waals surface area contributed by atoms with Crippen LogP contribution in [-0.2, 0) is 10.8 Å². The molecule has 14 aromatic carbocycles. The first-order valence-corrected chi connectivity index (χ1v) is 27.7. The smallest absolute Gasteiger partial charge is 0.0713 e. The Morgan fingerprint density at radius 3 is 1.23 bits per heavy atom. The number of benzene rings is 14. The van der Waals surface area contributed by atoms with E-state index in [1.165, 1.54) is 132 Å². The molecule has 79 heavy (non-hydrogen) atoms. The van der Waals surface area contributed by atoms with E-state index in [1.807, 2.05) is 0 Å². The minimum Gasteiger partial charge on any atom is -0.309 e. The van der Waals surface area contributed by atoms with Crippen molar-refractivity contribution in [1.29, 1.82) is 0 Å². The summed E-state index contributed by atoms with van der Waals surface area (Å²) < 4.78 is 0. The molecule has 0 saturated carbocycles. The molecule has 1 nitrogen and oxygen atoms in total. The van der Waals surface area contributed by atoms with Crippen molar-refractivity contribution in [1.82, 2.24) is 0 Å². The molecule has 0 fully saturated rings. The highest BCUT2D eigenvalue weighted by Gasteiger charge is 2.46. The summed E-state index contributed by atoms with van der Waals surface area (Å²) in [5.41, 5.74) is 20.6. The quantitative estimate of drug-likeness (QED) is 0.144. The van der Waals surface area contributed by atoms with E-state index in [2.05, 4.69) is 304 Å². The van der Waals surface area contributed by atoms with Crippen LogP contribution in [0.25, 0.3) is 98.4 Å². The van der Waals surface area contributed by atoms with Crippen molar-refractivity contribution < 1.29 is 0 Å². The molecular weight excluding hydrogens is 951 g/mol. The molecule has 0 aliphatic heterocycles. The first-order valence-electron chi connectivity index (χ1n) is 27.7. The Hall–Kier alpha value is -9.82. The molecule has 2 aliphatic rings. The molecule has 1 heteroatoms. The van der Waals surface area contributed by atoms with Crippen LogP contribution >= 0.6 is 0 Å². The maximum absolute atomic E-state index is 2.54. The summed E-state index contributed by atoms with van der Waals surface area (Å²) in [5, 5.41) is 12.4. The Bertz CT molecular complexity index is 4680. The SMILES string of the molecule is CC1(C)c2cc(-c3c4ccccc4c(-c4ccc5c(c4)C(c4ccccc4)(c4ccccc4)c4ccccc4-5)c4cc5ccccc5cc34)ccc2-c2ccc(N(c3cccc4ccccc34)c3cccc4ccccc34)cc21. The van der Waals surface area contributed by atoms with Crippen LogP contribution in [0.4, 0.5) is 17.1 Å². The fraction of sp³-hybridized carbons (Fsp3) is 0.0513. The highest BCUT2D eigenvalue weighted by Crippen LogP contribution is 2.58. The number of anilines is 3. The molecule has 0 unspecified atom stereocenters. The Morgan fingerprint density at radius 1 is 0.266 bits per heavy atom. The molecule has 0 heterocycles. The van der Waals surface area contributed by atoms with Crippen molar-refractivity contribution in [3.8, 4) is 44.5 Å². The molecule has 2 aliphatic carbocycles. The van der Waals surface area contributed by atoms with Crippen molar-refractivity contribution in [2.75, 3.05) is 4.90 Å². The van der Waals surface area contributed by atoms with Crippen molar-refractivity contribution in [2.24, 2.45) is 0 Å². The minimum absolute atomic E-state index is 0.301. The lowest BCUT2D eigenvalue weighted by molar-refractivity contribution is 0.660. The third-order valence-corrected chi connectivity index (χ3v) is 17.9. The lowest BCUT2D eigenvalue weighted by atomic mass is 9.67. The van der Waals surface area contributed by atoms with E-state index in [9.17, 15) is 0 Å². The van der Waals surface area contributed by atoms with Gasteiger partial charge in [-0.1, -0.05) is 250 Å². The highest BCUT2D eigenvalue weighted by atomic mass is 15.1. The van der Waals surface area contributed by atoms with Gasteiger partial charge in [0.25, 0.3) is 0 Å². The summed E-state index contributed by atoms with van der Waals surface area (Å²) in [6, 6.07) is 107. The highest BCUT2D eigenvalue weighted by molar-refractivity contribution is 6.24. The zero-order valence-electron chi connectivity index (χ0n) is 44.1. The third-order valence-electron chi connectivity index (χ3n) is 17.9. The predicted octanol–water partition coefficient (Wildman–Crippen LogP) is 20.9. The second kappa shape index (κ2) is 17.3. The molecule has 0 spiro atoms. The summed E-state index contributed by atoms with van der Waals surface area (Å²) in [6.45, 7) is 4.85. The molecule has 0 N–H and O–H groups in total. The molecule has 0 amide bonds. The van der Waals surface area contributed by atoms with E-state index >= 15 is 0 Å². The van der Waals surface area contributed by atoms with Gasteiger partial charge in [0.2, 0.25) is 0 Å².